The molecule has 4 nitrogen and oxygen atoms in total. The highest BCUT2D eigenvalue weighted by molar-refractivity contribution is 4.97. The molecule has 0 aliphatic carbocycles. The number of hydrogen-bond donors (Lipinski definition) is 2. The maximum Gasteiger partial charge on any atom is 0.0948 e. The van der Waals surface area contributed by atoms with Crippen molar-refractivity contribution >= 4 is 0 Å². The monoisotopic (exact) mass is 169 g/mol. The Morgan fingerprint density at radius 1 is 1.67 bits per heavy atom. The molecule has 1 heterocycles. The van der Waals surface area contributed by atoms with Crippen LogP contribution in [0.2, 0.25) is 0 Å². The van der Waals surface area contributed by atoms with E-state index in [9.17, 15) is 0 Å². The molecule has 2 N–H and O–H groups in total. The number of nitrogens with zero attached hydrogens (tertiary/aromatic N) is 2. The van der Waals surface area contributed by atoms with Gasteiger partial charge >= 0.3 is 0 Å². The van der Waals surface area contributed by atoms with Gasteiger partial charge in [0.1, 0.15) is 0 Å². The zero-order valence-electron chi connectivity index (χ0n) is 7.32. The van der Waals surface area contributed by atoms with E-state index < -0.39 is 0 Å². The second-order valence-corrected chi connectivity index (χ2v) is 2.57. The zero-order chi connectivity index (χ0) is 8.81. The molecule has 0 saturated carbocycles. The molecule has 0 atom stereocenters. The van der Waals surface area contributed by atoms with Gasteiger partial charge < -0.3 is 15.0 Å². The Hall–Kier alpha value is -0.870. The van der Waals surface area contributed by atoms with Crippen molar-refractivity contribution in [2.75, 3.05) is 13.2 Å². The van der Waals surface area contributed by atoms with Crippen LogP contribution in [0.3, 0.4) is 0 Å². The lowest BCUT2D eigenvalue weighted by Gasteiger charge is -2.05. The zero-order valence-corrected chi connectivity index (χ0v) is 7.32. The van der Waals surface area contributed by atoms with E-state index in [0.717, 1.165) is 18.8 Å². The number of aliphatic hydroxyl groups is 1. The number of nitrogens with one attached hydrogen (secondary N) is 1. The average Bonchev–Trinajstić information content (AvgIpc) is 2.52. The van der Waals surface area contributed by atoms with Crippen LogP contribution in [0, 0.1) is 0 Å². The van der Waals surface area contributed by atoms with Gasteiger partial charge in [0.25, 0.3) is 0 Å². The van der Waals surface area contributed by atoms with Crippen LogP contribution in [-0.4, -0.2) is 27.8 Å². The minimum absolute atomic E-state index is 0.181. The highest BCUT2D eigenvalue weighted by Gasteiger charge is 1.97. The largest absolute Gasteiger partial charge is 0.395 e. The molecule has 1 aromatic heterocycles. The van der Waals surface area contributed by atoms with Crippen LogP contribution in [0.1, 0.15) is 12.6 Å². The van der Waals surface area contributed by atoms with E-state index in [1.807, 2.05) is 12.5 Å². The fourth-order valence-electron chi connectivity index (χ4n) is 1.08. The van der Waals surface area contributed by atoms with Crippen molar-refractivity contribution in [3.63, 3.8) is 0 Å². The SMILES string of the molecule is CCn1cncc1CNCCO. The quantitative estimate of drug-likeness (QED) is 0.609. The summed E-state index contributed by atoms with van der Waals surface area (Å²) in [5.41, 5.74) is 1.16. The van der Waals surface area contributed by atoms with Gasteiger partial charge in [0, 0.05) is 25.8 Å². The van der Waals surface area contributed by atoms with E-state index >= 15 is 0 Å². The van der Waals surface area contributed by atoms with Crippen LogP contribution in [0.5, 0.6) is 0 Å². The minimum Gasteiger partial charge on any atom is -0.395 e. The molecule has 0 fully saturated rings. The second kappa shape index (κ2) is 4.90. The molecule has 0 unspecified atom stereocenters. The topological polar surface area (TPSA) is 50.1 Å². The summed E-state index contributed by atoms with van der Waals surface area (Å²) < 4.78 is 2.07. The van der Waals surface area contributed by atoms with E-state index in [1.165, 1.54) is 0 Å². The second-order valence-electron chi connectivity index (χ2n) is 2.57. The summed E-state index contributed by atoms with van der Waals surface area (Å²) in [5, 5.41) is 11.6. The van der Waals surface area contributed by atoms with Gasteiger partial charge in [0.15, 0.2) is 0 Å². The third-order valence-corrected chi connectivity index (χ3v) is 1.73. The van der Waals surface area contributed by atoms with E-state index in [0.29, 0.717) is 6.54 Å². The number of aryl methyl sites for hydroxylation is 1. The maximum absolute atomic E-state index is 8.54. The van der Waals surface area contributed by atoms with E-state index in [2.05, 4.69) is 21.8 Å². The summed E-state index contributed by atoms with van der Waals surface area (Å²) in [6.45, 7) is 4.61. The first kappa shape index (κ1) is 9.22. The summed E-state index contributed by atoms with van der Waals surface area (Å²) in [5.74, 6) is 0. The third kappa shape index (κ3) is 2.32. The van der Waals surface area contributed by atoms with Gasteiger partial charge in [-0.2, -0.15) is 0 Å². The summed E-state index contributed by atoms with van der Waals surface area (Å²) in [4.78, 5) is 4.03. The number of rotatable bonds is 5. The number of aromatic nitrogens is 2. The fourth-order valence-corrected chi connectivity index (χ4v) is 1.08. The van der Waals surface area contributed by atoms with Gasteiger partial charge in [-0.15, -0.1) is 0 Å². The number of hydrogen-bond acceptors (Lipinski definition) is 3. The van der Waals surface area contributed by atoms with Gasteiger partial charge in [-0.25, -0.2) is 4.98 Å². The normalized spacial score (nSPS) is 10.5. The molecule has 0 radical (unpaired) electrons. The van der Waals surface area contributed by atoms with Crippen molar-refractivity contribution in [1.82, 2.24) is 14.9 Å². The lowest BCUT2D eigenvalue weighted by atomic mass is 10.4. The molecular formula is C8H15N3O. The number of aliphatic hydroxyl groups excluding tert-OH is 1. The summed E-state index contributed by atoms with van der Waals surface area (Å²) in [6, 6.07) is 0. The molecule has 12 heavy (non-hydrogen) atoms. The van der Waals surface area contributed by atoms with Gasteiger partial charge in [0.2, 0.25) is 0 Å². The molecule has 0 spiro atoms. The molecule has 0 saturated heterocycles. The van der Waals surface area contributed by atoms with Crippen LogP contribution < -0.4 is 5.32 Å². The Labute approximate surface area is 72.2 Å². The fraction of sp³-hybridized carbons (Fsp3) is 0.625. The summed E-state index contributed by atoms with van der Waals surface area (Å²) >= 11 is 0. The molecule has 0 aromatic carbocycles. The first-order valence-corrected chi connectivity index (χ1v) is 4.19. The van der Waals surface area contributed by atoms with Crippen molar-refractivity contribution < 1.29 is 5.11 Å². The molecular weight excluding hydrogens is 154 g/mol. The van der Waals surface area contributed by atoms with Crippen LogP contribution in [-0.2, 0) is 13.1 Å². The lowest BCUT2D eigenvalue weighted by molar-refractivity contribution is 0.291. The van der Waals surface area contributed by atoms with Gasteiger partial charge in [-0.05, 0) is 6.92 Å². The molecule has 0 aliphatic heterocycles. The summed E-state index contributed by atoms with van der Waals surface area (Å²) in [7, 11) is 0. The van der Waals surface area contributed by atoms with Crippen molar-refractivity contribution in [1.29, 1.82) is 0 Å². The molecule has 1 aromatic rings. The average molecular weight is 169 g/mol. The van der Waals surface area contributed by atoms with Crippen LogP contribution >= 0.6 is 0 Å². The molecule has 1 rings (SSSR count). The van der Waals surface area contributed by atoms with E-state index in [1.54, 1.807) is 0 Å². The predicted octanol–water partition coefficient (Wildman–Crippen LogP) is -0.0151. The first-order chi connectivity index (χ1) is 5.88. The predicted molar refractivity (Wildman–Crippen MR) is 46.7 cm³/mol. The Bertz CT molecular complexity index is 222. The van der Waals surface area contributed by atoms with Crippen molar-refractivity contribution in [3.05, 3.63) is 18.2 Å². The Morgan fingerprint density at radius 2 is 2.50 bits per heavy atom. The standard InChI is InChI=1S/C8H15N3O/c1-2-11-7-10-6-8(11)5-9-3-4-12/h6-7,9,12H,2-5H2,1H3. The van der Waals surface area contributed by atoms with Gasteiger partial charge in [0.05, 0.1) is 18.6 Å². The molecule has 68 valence electrons. The van der Waals surface area contributed by atoms with E-state index in [4.69, 9.17) is 5.11 Å². The summed E-state index contributed by atoms with van der Waals surface area (Å²) in [6.07, 6.45) is 3.66. The highest BCUT2D eigenvalue weighted by Crippen LogP contribution is 1.97. The smallest absolute Gasteiger partial charge is 0.0948 e. The van der Waals surface area contributed by atoms with Gasteiger partial charge in [-0.1, -0.05) is 0 Å². The lowest BCUT2D eigenvalue weighted by Crippen LogP contribution is -2.19. The van der Waals surface area contributed by atoms with Gasteiger partial charge in [-0.3, -0.25) is 0 Å². The maximum atomic E-state index is 8.54. The number of imidazole rings is 1. The Kier molecular flexibility index (Phi) is 3.76. The minimum atomic E-state index is 0.181. The molecule has 4 heteroatoms. The van der Waals surface area contributed by atoms with Crippen molar-refractivity contribution in [2.45, 2.75) is 20.0 Å². The molecule has 0 amide bonds. The van der Waals surface area contributed by atoms with Crippen LogP contribution in [0.25, 0.3) is 0 Å². The van der Waals surface area contributed by atoms with E-state index in [-0.39, 0.29) is 6.61 Å². The molecule has 0 aliphatic rings. The van der Waals surface area contributed by atoms with Crippen LogP contribution in [0.15, 0.2) is 12.5 Å². The molecule has 0 bridgehead atoms. The third-order valence-electron chi connectivity index (χ3n) is 1.73. The van der Waals surface area contributed by atoms with Crippen molar-refractivity contribution in [2.24, 2.45) is 0 Å². The first-order valence-electron chi connectivity index (χ1n) is 4.19. The Balaban J connectivity index is 2.39. The Morgan fingerprint density at radius 3 is 3.17 bits per heavy atom. The highest BCUT2D eigenvalue weighted by atomic mass is 16.3. The van der Waals surface area contributed by atoms with Crippen LogP contribution in [0.4, 0.5) is 0 Å². The van der Waals surface area contributed by atoms with Crippen molar-refractivity contribution in [3.8, 4) is 0 Å².